The lowest BCUT2D eigenvalue weighted by atomic mass is 10.3. The minimum absolute atomic E-state index is 0.0217. The van der Waals surface area contributed by atoms with Gasteiger partial charge in [-0.25, -0.2) is 4.39 Å². The fourth-order valence-electron chi connectivity index (χ4n) is 0.462. The number of carbonyl (C=O) groups excluding carboxylic acids is 1. The van der Waals surface area contributed by atoms with Crippen LogP contribution in [0.15, 0.2) is 0 Å². The Balaban J connectivity index is 2.98. The van der Waals surface area contributed by atoms with E-state index in [1.165, 1.54) is 13.8 Å². The van der Waals surface area contributed by atoms with Crippen molar-refractivity contribution >= 4 is 5.78 Å². The molecule has 3 heteroatoms. The highest BCUT2D eigenvalue weighted by molar-refractivity contribution is 5.76. The summed E-state index contributed by atoms with van der Waals surface area (Å²) < 4.78 is 16.9. The Bertz CT molecular complexity index is 102. The van der Waals surface area contributed by atoms with Gasteiger partial charge in [0, 0.05) is 13.0 Å². The Morgan fingerprint density at radius 2 is 2.30 bits per heavy atom. The first-order valence-corrected chi connectivity index (χ1v) is 3.34. The van der Waals surface area contributed by atoms with Crippen molar-refractivity contribution < 1.29 is 13.9 Å². The molecule has 1 atom stereocenters. The van der Waals surface area contributed by atoms with E-state index in [1.807, 2.05) is 0 Å². The summed E-state index contributed by atoms with van der Waals surface area (Å²) in [6.45, 7) is 3.35. The van der Waals surface area contributed by atoms with Gasteiger partial charge in [0.25, 0.3) is 0 Å². The molecule has 0 rings (SSSR count). The summed E-state index contributed by atoms with van der Waals surface area (Å²) in [6.07, 6.45) is -0.472. The second-order valence-corrected chi connectivity index (χ2v) is 2.32. The Morgan fingerprint density at radius 3 is 2.70 bits per heavy atom. The highest BCUT2D eigenvalue weighted by Gasteiger charge is 1.97. The van der Waals surface area contributed by atoms with Crippen LogP contribution in [0, 0.1) is 0 Å². The number of halogens is 1. The first kappa shape index (κ1) is 9.56. The van der Waals surface area contributed by atoms with Crippen molar-refractivity contribution in [1.82, 2.24) is 0 Å². The number of hydrogen-bond acceptors (Lipinski definition) is 2. The van der Waals surface area contributed by atoms with E-state index in [4.69, 9.17) is 4.74 Å². The van der Waals surface area contributed by atoms with E-state index < -0.39 is 6.17 Å². The van der Waals surface area contributed by atoms with Crippen molar-refractivity contribution in [3.05, 3.63) is 0 Å². The smallest absolute Gasteiger partial charge is 0.155 e. The molecule has 1 unspecified atom stereocenters. The van der Waals surface area contributed by atoms with Gasteiger partial charge in [0.2, 0.25) is 0 Å². The zero-order valence-corrected chi connectivity index (χ0v) is 6.39. The van der Waals surface area contributed by atoms with Crippen LogP contribution < -0.4 is 0 Å². The Labute approximate surface area is 60.4 Å². The molecular weight excluding hydrogens is 135 g/mol. The van der Waals surface area contributed by atoms with Gasteiger partial charge in [-0.2, -0.15) is 0 Å². The maximum Gasteiger partial charge on any atom is 0.155 e. The molecule has 0 aliphatic heterocycles. The zero-order valence-electron chi connectivity index (χ0n) is 6.39. The third kappa shape index (κ3) is 7.56. The molecule has 0 aromatic heterocycles. The molecule has 0 fully saturated rings. The van der Waals surface area contributed by atoms with Crippen molar-refractivity contribution in [2.45, 2.75) is 26.4 Å². The highest BCUT2D eigenvalue weighted by atomic mass is 19.1. The maximum atomic E-state index is 12.1. The second kappa shape index (κ2) is 5.35. The molecule has 0 spiro atoms. The van der Waals surface area contributed by atoms with Crippen LogP contribution in [0.1, 0.15) is 20.3 Å². The number of rotatable bonds is 5. The fraction of sp³-hybridized carbons (Fsp3) is 0.857. The number of hydrogen-bond donors (Lipinski definition) is 0. The minimum atomic E-state index is -0.841. The normalized spacial score (nSPS) is 13.1. The van der Waals surface area contributed by atoms with Crippen LogP contribution in [0.25, 0.3) is 0 Å². The lowest BCUT2D eigenvalue weighted by Crippen LogP contribution is -2.07. The molecule has 0 radical (unpaired) electrons. The van der Waals surface area contributed by atoms with Gasteiger partial charge in [-0.3, -0.25) is 4.79 Å². The first-order chi connectivity index (χ1) is 4.63. The van der Waals surface area contributed by atoms with Gasteiger partial charge in [0.1, 0.15) is 6.61 Å². The molecule has 0 aliphatic carbocycles. The van der Waals surface area contributed by atoms with Crippen LogP contribution in [-0.4, -0.2) is 25.2 Å². The zero-order chi connectivity index (χ0) is 7.98. The number of carbonyl (C=O) groups is 1. The monoisotopic (exact) mass is 148 g/mol. The Hall–Kier alpha value is -0.440. The average molecular weight is 148 g/mol. The number of ketones is 1. The molecule has 0 aromatic rings. The number of ether oxygens (including phenoxy) is 1. The van der Waals surface area contributed by atoms with Crippen molar-refractivity contribution in [2.75, 3.05) is 13.2 Å². The summed E-state index contributed by atoms with van der Waals surface area (Å²) >= 11 is 0. The van der Waals surface area contributed by atoms with Gasteiger partial charge in [-0.05, 0) is 13.8 Å². The van der Waals surface area contributed by atoms with Crippen molar-refractivity contribution in [3.8, 4) is 0 Å². The first-order valence-electron chi connectivity index (χ1n) is 3.34. The van der Waals surface area contributed by atoms with Gasteiger partial charge in [0.15, 0.2) is 5.78 Å². The lowest BCUT2D eigenvalue weighted by Gasteiger charge is -2.01. The molecule has 0 amide bonds. The topological polar surface area (TPSA) is 26.3 Å². The van der Waals surface area contributed by atoms with Gasteiger partial charge in [-0.1, -0.05) is 0 Å². The largest absolute Gasteiger partial charge is 0.374 e. The van der Waals surface area contributed by atoms with Crippen molar-refractivity contribution in [1.29, 1.82) is 0 Å². The van der Waals surface area contributed by atoms with E-state index >= 15 is 0 Å². The second-order valence-electron chi connectivity index (χ2n) is 2.32. The Kier molecular flexibility index (Phi) is 5.12. The maximum absolute atomic E-state index is 12.1. The van der Waals surface area contributed by atoms with E-state index in [0.717, 1.165) is 0 Å². The van der Waals surface area contributed by atoms with Crippen LogP contribution in [0.5, 0.6) is 0 Å². The molecule has 0 aliphatic rings. The summed E-state index contributed by atoms with van der Waals surface area (Å²) in [6, 6.07) is 0. The summed E-state index contributed by atoms with van der Waals surface area (Å²) in [5.41, 5.74) is 0. The predicted octanol–water partition coefficient (Wildman–Crippen LogP) is 1.34. The third-order valence-corrected chi connectivity index (χ3v) is 0.965. The van der Waals surface area contributed by atoms with E-state index in [1.54, 1.807) is 0 Å². The molecule has 0 N–H and O–H groups in total. The summed E-state index contributed by atoms with van der Waals surface area (Å²) in [5, 5.41) is 0. The Morgan fingerprint density at radius 1 is 1.70 bits per heavy atom. The molecule has 0 aromatic carbocycles. The molecule has 0 heterocycles. The van der Waals surface area contributed by atoms with E-state index in [9.17, 15) is 9.18 Å². The standard InChI is InChI=1S/C7H13FO2/c1-6(8)3-4-10-5-7(2)9/h6H,3-5H2,1-2H3. The highest BCUT2D eigenvalue weighted by Crippen LogP contribution is 1.95. The van der Waals surface area contributed by atoms with E-state index in [2.05, 4.69) is 0 Å². The quantitative estimate of drug-likeness (QED) is 0.550. The molecule has 2 nitrogen and oxygen atoms in total. The minimum Gasteiger partial charge on any atom is -0.374 e. The number of alkyl halides is 1. The van der Waals surface area contributed by atoms with Gasteiger partial charge in [-0.15, -0.1) is 0 Å². The number of Topliss-reactive ketones (excluding diaryl/α,β-unsaturated/α-hetero) is 1. The van der Waals surface area contributed by atoms with Crippen LogP contribution in [0.3, 0.4) is 0 Å². The van der Waals surface area contributed by atoms with Crippen LogP contribution in [0.4, 0.5) is 4.39 Å². The average Bonchev–Trinajstić information content (AvgIpc) is 1.79. The molecule has 0 saturated heterocycles. The van der Waals surface area contributed by atoms with Crippen LogP contribution >= 0.6 is 0 Å². The summed E-state index contributed by atoms with van der Waals surface area (Å²) in [7, 11) is 0. The van der Waals surface area contributed by atoms with Crippen molar-refractivity contribution in [2.24, 2.45) is 0 Å². The summed E-state index contributed by atoms with van der Waals surface area (Å²) in [4.78, 5) is 10.3. The van der Waals surface area contributed by atoms with Crippen LogP contribution in [0.2, 0.25) is 0 Å². The molecule has 0 saturated carbocycles. The van der Waals surface area contributed by atoms with E-state index in [-0.39, 0.29) is 12.4 Å². The third-order valence-electron chi connectivity index (χ3n) is 0.965. The molecule has 10 heavy (non-hydrogen) atoms. The SMILES string of the molecule is CC(=O)COCCC(C)F. The molecule has 60 valence electrons. The summed E-state index contributed by atoms with van der Waals surface area (Å²) in [5.74, 6) is -0.0217. The van der Waals surface area contributed by atoms with Crippen molar-refractivity contribution in [3.63, 3.8) is 0 Å². The van der Waals surface area contributed by atoms with E-state index in [0.29, 0.717) is 13.0 Å². The van der Waals surface area contributed by atoms with Crippen LogP contribution in [-0.2, 0) is 9.53 Å². The van der Waals surface area contributed by atoms with Gasteiger partial charge >= 0.3 is 0 Å². The molecule has 0 bridgehead atoms. The van der Waals surface area contributed by atoms with Gasteiger partial charge in [0.05, 0.1) is 6.17 Å². The van der Waals surface area contributed by atoms with Gasteiger partial charge < -0.3 is 4.74 Å². The predicted molar refractivity (Wildman–Crippen MR) is 36.7 cm³/mol. The molecular formula is C7H13FO2. The fourth-order valence-corrected chi connectivity index (χ4v) is 0.462. The lowest BCUT2D eigenvalue weighted by molar-refractivity contribution is -0.121.